The third-order valence-corrected chi connectivity index (χ3v) is 2.73. The van der Waals surface area contributed by atoms with Crippen molar-refractivity contribution in [2.75, 3.05) is 0 Å². The Morgan fingerprint density at radius 1 is 1.08 bits per heavy atom. The van der Waals surface area contributed by atoms with Gasteiger partial charge in [0.25, 0.3) is 17.3 Å². The van der Waals surface area contributed by atoms with E-state index < -0.39 is 34.4 Å². The highest BCUT2D eigenvalue weighted by Gasteiger charge is 2.26. The summed E-state index contributed by atoms with van der Waals surface area (Å²) in [7, 11) is -6.00. The van der Waals surface area contributed by atoms with E-state index in [1.165, 1.54) is 35.2 Å². The number of nitrogens with two attached hydrogens (primary N) is 1. The molecule has 1 amide bonds. The molecule has 0 aliphatic carbocycles. The van der Waals surface area contributed by atoms with Crippen LogP contribution in [-0.4, -0.2) is 23.0 Å². The zero-order valence-electron chi connectivity index (χ0n) is 12.6. The second-order valence-corrected chi connectivity index (χ2v) is 4.55. The molecule has 0 saturated heterocycles. The molecule has 14 heteroatoms. The Kier molecular flexibility index (Phi) is 6.30. The Morgan fingerprint density at radius 3 is 2.12 bits per heavy atom. The number of carbonyl (C=O) groups excluding carboxylic acids is 1. The number of primary amides is 1. The normalized spacial score (nSPS) is 10.5. The summed E-state index contributed by atoms with van der Waals surface area (Å²) in [6.45, 7) is 0. The molecule has 0 bridgehead atoms. The fourth-order valence-electron chi connectivity index (χ4n) is 1.76. The van der Waals surface area contributed by atoms with Gasteiger partial charge in [0.15, 0.2) is 12.4 Å². The smallest absolute Gasteiger partial charge is 0.418 e. The van der Waals surface area contributed by atoms with E-state index >= 15 is 0 Å². The first-order valence-corrected chi connectivity index (χ1v) is 6.52. The summed E-state index contributed by atoms with van der Waals surface area (Å²) < 4.78 is 40.3. The molecule has 9 nitrogen and oxygen atoms in total. The molecule has 26 heavy (non-hydrogen) atoms. The fraction of sp³-hybridized carbons (Fsp3) is 0. The summed E-state index contributed by atoms with van der Waals surface area (Å²) >= 11 is 0. The van der Waals surface area contributed by atoms with Gasteiger partial charge in [-0.25, -0.2) is 0 Å². The number of pyridine rings is 1. The molecule has 2 rings (SSSR count). The summed E-state index contributed by atoms with van der Waals surface area (Å²) in [5.41, 5.74) is 4.56. The predicted molar refractivity (Wildman–Crippen MR) is 80.0 cm³/mol. The molecule has 0 aliphatic rings. The van der Waals surface area contributed by atoms with Crippen LogP contribution in [0.15, 0.2) is 42.7 Å². The molecule has 0 radical (unpaired) electrons. The van der Waals surface area contributed by atoms with Crippen molar-refractivity contribution in [2.24, 2.45) is 5.73 Å². The van der Waals surface area contributed by atoms with Crippen molar-refractivity contribution in [3.05, 3.63) is 68.5 Å². The molecule has 138 valence electrons. The summed E-state index contributed by atoms with van der Waals surface area (Å²) in [6, 6.07) is 6.19. The highest BCUT2D eigenvalue weighted by molar-refractivity contribution is 6.50. The van der Waals surface area contributed by atoms with Gasteiger partial charge in [0.1, 0.15) is 11.6 Å². The number of non-ortho nitro benzene ring substituents is 1. The van der Waals surface area contributed by atoms with Gasteiger partial charge < -0.3 is 23.0 Å². The number of nitro benzene ring substituents is 2. The Morgan fingerprint density at radius 2 is 1.65 bits per heavy atom. The van der Waals surface area contributed by atoms with Gasteiger partial charge in [-0.15, -0.1) is 0 Å². The number of nitro groups is 2. The Bertz CT molecular complexity index is 856. The molecule has 1 aromatic carbocycles. The lowest BCUT2D eigenvalue weighted by Gasteiger charge is -1.99. The van der Waals surface area contributed by atoms with Gasteiger partial charge in [-0.3, -0.25) is 25.0 Å². The van der Waals surface area contributed by atoms with Crippen molar-refractivity contribution >= 4 is 24.5 Å². The van der Waals surface area contributed by atoms with Crippen molar-refractivity contribution in [3.63, 3.8) is 0 Å². The minimum absolute atomic E-state index is 0.0914. The second-order valence-electron chi connectivity index (χ2n) is 4.55. The molecule has 1 aromatic heterocycles. The number of hydrogen-bond donors (Lipinski definition) is 1. The lowest BCUT2D eigenvalue weighted by Crippen LogP contribution is -2.32. The summed E-state index contributed by atoms with van der Waals surface area (Å²) in [5, 5.41) is 21.7. The van der Waals surface area contributed by atoms with Gasteiger partial charge in [-0.1, -0.05) is 0 Å². The number of amides is 1. The monoisotopic (exact) mass is 376 g/mol. The maximum absolute atomic E-state index is 11.1. The third kappa shape index (κ3) is 6.14. The first-order valence-electron chi connectivity index (χ1n) is 6.52. The average molecular weight is 376 g/mol. The largest absolute Gasteiger partial charge is 0.673 e. The highest BCUT2D eigenvalue weighted by atomic mass is 19.5. The van der Waals surface area contributed by atoms with E-state index in [2.05, 4.69) is 0 Å². The second kappa shape index (κ2) is 8.00. The third-order valence-electron chi connectivity index (χ3n) is 2.73. The lowest BCUT2D eigenvalue weighted by atomic mass is 10.2. The standard InChI is InChI=1S/C12H8N4O5.BF4/c13-12(17)8-2-1-5-14(7-8)10-4-3-9(15(18)19)6-11(10)16(20)21;2-1(3,4)5/h1-7H,(H-,13,17);/q;-1/p+1. The SMILES string of the molecule is F[B-](F)(F)F.NC(=O)c1ccc[n+](-c2ccc([N+](=O)[O-])cc2[N+](=O)[O-])c1. The molecule has 1 heterocycles. The maximum Gasteiger partial charge on any atom is 0.673 e. The van der Waals surface area contributed by atoms with E-state index in [0.29, 0.717) is 0 Å². The number of aromatic nitrogens is 1. The zero-order chi connectivity index (χ0) is 20.1. The zero-order valence-corrected chi connectivity index (χ0v) is 12.6. The molecule has 2 N–H and O–H groups in total. The van der Waals surface area contributed by atoms with E-state index in [1.807, 2.05) is 0 Å². The Balaban J connectivity index is 0.000000597. The van der Waals surface area contributed by atoms with E-state index in [-0.39, 0.29) is 11.3 Å². The van der Waals surface area contributed by atoms with Crippen molar-refractivity contribution in [1.82, 2.24) is 0 Å². The van der Waals surface area contributed by atoms with Crippen molar-refractivity contribution in [3.8, 4) is 5.69 Å². The van der Waals surface area contributed by atoms with Crippen LogP contribution in [0.2, 0.25) is 0 Å². The van der Waals surface area contributed by atoms with Crippen LogP contribution < -0.4 is 10.3 Å². The van der Waals surface area contributed by atoms with Crippen LogP contribution in [0.5, 0.6) is 0 Å². The molecule has 2 aromatic rings. The molecule has 0 atom stereocenters. The lowest BCUT2D eigenvalue weighted by molar-refractivity contribution is -0.601. The summed E-state index contributed by atoms with van der Waals surface area (Å²) in [4.78, 5) is 31.4. The molecular formula is C12H9BF4N4O5. The predicted octanol–water partition coefficient (Wildman–Crippen LogP) is 2.18. The van der Waals surface area contributed by atoms with E-state index in [4.69, 9.17) is 5.73 Å². The van der Waals surface area contributed by atoms with Gasteiger partial charge in [0.05, 0.1) is 9.85 Å². The number of rotatable bonds is 4. The van der Waals surface area contributed by atoms with E-state index in [1.54, 1.807) is 0 Å². The topological polar surface area (TPSA) is 133 Å². The number of nitrogens with zero attached hydrogens (tertiary/aromatic N) is 3. The molecule has 0 fully saturated rings. The van der Waals surface area contributed by atoms with Crippen molar-refractivity contribution < 1.29 is 36.5 Å². The fourth-order valence-corrected chi connectivity index (χ4v) is 1.76. The van der Waals surface area contributed by atoms with Crippen molar-refractivity contribution in [1.29, 1.82) is 0 Å². The number of benzene rings is 1. The number of halogens is 4. The van der Waals surface area contributed by atoms with Crippen LogP contribution in [0.25, 0.3) is 5.69 Å². The minimum atomic E-state index is -6.00. The summed E-state index contributed by atoms with van der Waals surface area (Å²) in [5.74, 6) is -0.686. The molecular weight excluding hydrogens is 367 g/mol. The first kappa shape index (κ1) is 20.5. The van der Waals surface area contributed by atoms with Crippen LogP contribution in [0.4, 0.5) is 28.6 Å². The Labute approximate surface area is 142 Å². The van der Waals surface area contributed by atoms with Crippen LogP contribution in [0.3, 0.4) is 0 Å². The number of hydrogen-bond acceptors (Lipinski definition) is 5. The van der Waals surface area contributed by atoms with Gasteiger partial charge >= 0.3 is 12.9 Å². The number of carbonyl (C=O) groups is 1. The van der Waals surface area contributed by atoms with Gasteiger partial charge in [-0.2, -0.15) is 4.57 Å². The van der Waals surface area contributed by atoms with Gasteiger partial charge in [0.2, 0.25) is 0 Å². The van der Waals surface area contributed by atoms with Crippen LogP contribution in [0.1, 0.15) is 10.4 Å². The van der Waals surface area contributed by atoms with Gasteiger partial charge in [0, 0.05) is 18.2 Å². The molecule has 0 unspecified atom stereocenters. The summed E-state index contributed by atoms with van der Waals surface area (Å²) in [6.07, 6.45) is 2.79. The minimum Gasteiger partial charge on any atom is -0.418 e. The van der Waals surface area contributed by atoms with Crippen LogP contribution in [0, 0.1) is 20.2 Å². The molecule has 0 aliphatic heterocycles. The van der Waals surface area contributed by atoms with E-state index in [0.717, 1.165) is 12.1 Å². The van der Waals surface area contributed by atoms with Crippen LogP contribution >= 0.6 is 0 Å². The van der Waals surface area contributed by atoms with E-state index in [9.17, 15) is 42.3 Å². The maximum atomic E-state index is 11.1. The van der Waals surface area contributed by atoms with Crippen LogP contribution in [-0.2, 0) is 0 Å². The van der Waals surface area contributed by atoms with Gasteiger partial charge in [-0.05, 0) is 6.07 Å². The van der Waals surface area contributed by atoms with Crippen molar-refractivity contribution in [2.45, 2.75) is 0 Å². The first-order chi connectivity index (χ1) is 11.9. The molecule has 0 spiro atoms. The quantitative estimate of drug-likeness (QED) is 0.287. The molecule has 0 saturated carbocycles. The Hall–Kier alpha value is -3.58. The highest BCUT2D eigenvalue weighted by Crippen LogP contribution is 2.24. The average Bonchev–Trinajstić information content (AvgIpc) is 2.52.